The van der Waals surface area contributed by atoms with Crippen LogP contribution in [0.25, 0.3) is 0 Å². The van der Waals surface area contributed by atoms with Gasteiger partial charge in [0.25, 0.3) is 0 Å². The molecule has 2 heterocycles. The van der Waals surface area contributed by atoms with E-state index >= 15 is 0 Å². The largest absolute Gasteiger partial charge is 0.312 e. The highest BCUT2D eigenvalue weighted by atomic mass is 32.2. The lowest BCUT2D eigenvalue weighted by Gasteiger charge is -2.30. The van der Waals surface area contributed by atoms with Crippen LogP contribution in [0.15, 0.2) is 17.5 Å². The van der Waals surface area contributed by atoms with Crippen molar-refractivity contribution in [1.82, 2.24) is 5.32 Å². The summed E-state index contributed by atoms with van der Waals surface area (Å²) >= 11 is 1.71. The van der Waals surface area contributed by atoms with E-state index in [4.69, 9.17) is 0 Å². The smallest absolute Gasteiger partial charge is 0.154 e. The maximum absolute atomic E-state index is 12.3. The van der Waals surface area contributed by atoms with E-state index in [1.54, 1.807) is 11.3 Å². The molecular formula is C14H23NO2S2. The predicted molar refractivity (Wildman–Crippen MR) is 81.5 cm³/mol. The molecule has 1 N–H and O–H groups in total. The highest BCUT2D eigenvalue weighted by Crippen LogP contribution is 2.25. The van der Waals surface area contributed by atoms with E-state index < -0.39 is 9.84 Å². The van der Waals surface area contributed by atoms with Crippen LogP contribution in [0.4, 0.5) is 0 Å². The normalized spacial score (nSPS) is 24.2. The molecule has 108 valence electrons. The van der Waals surface area contributed by atoms with E-state index in [1.165, 1.54) is 4.88 Å². The molecule has 0 radical (unpaired) electrons. The lowest BCUT2D eigenvalue weighted by Crippen LogP contribution is -2.48. The first-order valence-electron chi connectivity index (χ1n) is 7.11. The molecule has 0 aliphatic carbocycles. The standard InChI is InChI=1S/C14H23NO2S2/c1-2-8-15-13(11-12-6-5-9-18-12)14-7-3-4-10-19(14,16)17/h5-6,9,13-15H,2-4,7-8,10-11H2,1H3. The maximum Gasteiger partial charge on any atom is 0.154 e. The Kier molecular flexibility index (Phi) is 5.42. The van der Waals surface area contributed by atoms with Crippen molar-refractivity contribution >= 4 is 21.2 Å². The molecule has 1 aromatic heterocycles. The van der Waals surface area contributed by atoms with E-state index in [0.717, 1.165) is 38.6 Å². The van der Waals surface area contributed by atoms with Gasteiger partial charge in [0.05, 0.1) is 11.0 Å². The van der Waals surface area contributed by atoms with Gasteiger partial charge in [-0.15, -0.1) is 11.3 Å². The number of rotatable bonds is 6. The SMILES string of the molecule is CCCNC(Cc1cccs1)C1CCCCS1(=O)=O. The van der Waals surface area contributed by atoms with Crippen molar-refractivity contribution in [2.24, 2.45) is 0 Å². The minimum Gasteiger partial charge on any atom is -0.312 e. The van der Waals surface area contributed by atoms with Gasteiger partial charge in [-0.25, -0.2) is 8.42 Å². The summed E-state index contributed by atoms with van der Waals surface area (Å²) in [6.07, 6.45) is 4.56. The summed E-state index contributed by atoms with van der Waals surface area (Å²) < 4.78 is 24.6. The highest BCUT2D eigenvalue weighted by molar-refractivity contribution is 7.92. The Morgan fingerprint density at radius 1 is 1.47 bits per heavy atom. The Labute approximate surface area is 120 Å². The van der Waals surface area contributed by atoms with Gasteiger partial charge in [-0.05, 0) is 43.7 Å². The third-order valence-corrected chi connectivity index (χ3v) is 6.98. The van der Waals surface area contributed by atoms with E-state index in [1.807, 2.05) is 6.07 Å². The van der Waals surface area contributed by atoms with Gasteiger partial charge in [-0.1, -0.05) is 19.4 Å². The summed E-state index contributed by atoms with van der Waals surface area (Å²) in [5, 5.41) is 5.32. The average molecular weight is 301 g/mol. The molecule has 1 aliphatic heterocycles. The number of hydrogen-bond acceptors (Lipinski definition) is 4. The third-order valence-electron chi connectivity index (χ3n) is 3.74. The number of sulfone groups is 1. The van der Waals surface area contributed by atoms with Crippen LogP contribution in [-0.2, 0) is 16.3 Å². The Morgan fingerprint density at radius 3 is 2.95 bits per heavy atom. The molecular weight excluding hydrogens is 278 g/mol. The first-order valence-corrected chi connectivity index (χ1v) is 9.70. The second-order valence-electron chi connectivity index (χ2n) is 5.25. The van der Waals surface area contributed by atoms with Gasteiger partial charge in [0.15, 0.2) is 9.84 Å². The molecule has 1 fully saturated rings. The Balaban J connectivity index is 2.11. The van der Waals surface area contributed by atoms with E-state index in [-0.39, 0.29) is 11.3 Å². The molecule has 1 aromatic rings. The topological polar surface area (TPSA) is 46.2 Å². The summed E-state index contributed by atoms with van der Waals surface area (Å²) in [5.41, 5.74) is 0. The first-order chi connectivity index (χ1) is 9.13. The number of hydrogen-bond donors (Lipinski definition) is 1. The minimum atomic E-state index is -2.91. The van der Waals surface area contributed by atoms with Gasteiger partial charge in [-0.2, -0.15) is 0 Å². The van der Waals surface area contributed by atoms with Crippen molar-refractivity contribution in [3.05, 3.63) is 22.4 Å². The molecule has 2 atom stereocenters. The molecule has 0 spiro atoms. The molecule has 0 saturated carbocycles. The molecule has 3 nitrogen and oxygen atoms in total. The third kappa shape index (κ3) is 4.04. The van der Waals surface area contributed by atoms with E-state index in [2.05, 4.69) is 23.7 Å². The van der Waals surface area contributed by atoms with Crippen LogP contribution in [0, 0.1) is 0 Å². The fourth-order valence-electron chi connectivity index (χ4n) is 2.74. The quantitative estimate of drug-likeness (QED) is 0.878. The molecule has 19 heavy (non-hydrogen) atoms. The fourth-order valence-corrected chi connectivity index (χ4v) is 5.63. The maximum atomic E-state index is 12.3. The van der Waals surface area contributed by atoms with Gasteiger partial charge >= 0.3 is 0 Å². The molecule has 0 aromatic carbocycles. The van der Waals surface area contributed by atoms with Crippen LogP contribution in [0.5, 0.6) is 0 Å². The van der Waals surface area contributed by atoms with E-state index in [0.29, 0.717) is 5.75 Å². The first kappa shape index (κ1) is 15.0. The summed E-state index contributed by atoms with van der Waals surface area (Å²) in [6.45, 7) is 3.01. The Bertz CT molecular complexity index is 468. The molecule has 1 aliphatic rings. The summed E-state index contributed by atoms with van der Waals surface area (Å²) in [6, 6.07) is 4.20. The molecule has 5 heteroatoms. The highest BCUT2D eigenvalue weighted by Gasteiger charge is 2.35. The van der Waals surface area contributed by atoms with Crippen molar-refractivity contribution in [1.29, 1.82) is 0 Å². The van der Waals surface area contributed by atoms with Crippen LogP contribution in [0.2, 0.25) is 0 Å². The zero-order chi connectivity index (χ0) is 13.7. The van der Waals surface area contributed by atoms with Gasteiger partial charge in [-0.3, -0.25) is 0 Å². The van der Waals surface area contributed by atoms with Crippen LogP contribution in [0.3, 0.4) is 0 Å². The van der Waals surface area contributed by atoms with Crippen molar-refractivity contribution in [2.75, 3.05) is 12.3 Å². The fraction of sp³-hybridized carbons (Fsp3) is 0.714. The molecule has 1 saturated heterocycles. The zero-order valence-electron chi connectivity index (χ0n) is 11.5. The van der Waals surface area contributed by atoms with Crippen LogP contribution in [0.1, 0.15) is 37.5 Å². The van der Waals surface area contributed by atoms with Gasteiger partial charge in [0, 0.05) is 10.9 Å². The Morgan fingerprint density at radius 2 is 2.32 bits per heavy atom. The van der Waals surface area contributed by atoms with Gasteiger partial charge < -0.3 is 5.32 Å². The molecule has 2 rings (SSSR count). The van der Waals surface area contributed by atoms with Crippen molar-refractivity contribution in [3.8, 4) is 0 Å². The lowest BCUT2D eigenvalue weighted by atomic mass is 10.0. The summed E-state index contributed by atoms with van der Waals surface area (Å²) in [5.74, 6) is 0.367. The second kappa shape index (κ2) is 6.86. The monoisotopic (exact) mass is 301 g/mol. The number of thiophene rings is 1. The summed E-state index contributed by atoms with van der Waals surface area (Å²) in [7, 11) is -2.91. The molecule has 0 bridgehead atoms. The van der Waals surface area contributed by atoms with Crippen molar-refractivity contribution < 1.29 is 8.42 Å². The summed E-state index contributed by atoms with van der Waals surface area (Å²) in [4.78, 5) is 1.27. The van der Waals surface area contributed by atoms with Gasteiger partial charge in [0.1, 0.15) is 0 Å². The lowest BCUT2D eigenvalue weighted by molar-refractivity contribution is 0.435. The van der Waals surface area contributed by atoms with E-state index in [9.17, 15) is 8.42 Å². The van der Waals surface area contributed by atoms with Gasteiger partial charge in [0.2, 0.25) is 0 Å². The zero-order valence-corrected chi connectivity index (χ0v) is 13.1. The van der Waals surface area contributed by atoms with Crippen LogP contribution in [-0.4, -0.2) is 32.0 Å². The molecule has 0 amide bonds. The minimum absolute atomic E-state index is 0.0731. The average Bonchev–Trinajstić information content (AvgIpc) is 2.87. The van der Waals surface area contributed by atoms with Crippen molar-refractivity contribution in [3.63, 3.8) is 0 Å². The molecule has 2 unspecified atom stereocenters. The predicted octanol–water partition coefficient (Wildman–Crippen LogP) is 2.63. The second-order valence-corrected chi connectivity index (χ2v) is 8.62. The van der Waals surface area contributed by atoms with Crippen LogP contribution >= 0.6 is 11.3 Å². The Hall–Kier alpha value is -0.390. The number of nitrogens with one attached hydrogen (secondary N) is 1. The van der Waals surface area contributed by atoms with Crippen LogP contribution < -0.4 is 5.32 Å². The van der Waals surface area contributed by atoms with Crippen molar-refractivity contribution in [2.45, 2.75) is 50.3 Å².